The summed E-state index contributed by atoms with van der Waals surface area (Å²) in [5.74, 6) is 1.41. The number of fused-ring (bicyclic) bond motifs is 3. The maximum atomic E-state index is 9.10. The summed E-state index contributed by atoms with van der Waals surface area (Å²) in [5.41, 5.74) is 2.28. The molecule has 0 atom stereocenters. The molecule has 0 N–H and O–H groups in total. The Morgan fingerprint density at radius 2 is 1.79 bits per heavy atom. The Labute approximate surface area is 137 Å². The van der Waals surface area contributed by atoms with Crippen LogP contribution in [0.15, 0.2) is 48.5 Å². The third kappa shape index (κ3) is 2.15. The summed E-state index contributed by atoms with van der Waals surface area (Å²) >= 11 is 0. The van der Waals surface area contributed by atoms with E-state index in [1.807, 2.05) is 48.5 Å². The van der Waals surface area contributed by atoms with E-state index in [2.05, 4.69) is 21.4 Å². The second-order valence-electron chi connectivity index (χ2n) is 5.31. The van der Waals surface area contributed by atoms with Crippen molar-refractivity contribution in [1.82, 2.24) is 19.8 Å². The van der Waals surface area contributed by atoms with Crippen LogP contribution >= 0.6 is 0 Å². The van der Waals surface area contributed by atoms with E-state index in [-0.39, 0.29) is 6.42 Å². The molecule has 0 unspecified atom stereocenters. The third-order valence-corrected chi connectivity index (χ3v) is 3.93. The Hall–Kier alpha value is -3.46. The van der Waals surface area contributed by atoms with Gasteiger partial charge in [0.05, 0.1) is 25.3 Å². The summed E-state index contributed by atoms with van der Waals surface area (Å²) in [7, 11) is 1.63. The largest absolute Gasteiger partial charge is 0.497 e. The molecule has 0 aliphatic rings. The number of nitriles is 1. The zero-order chi connectivity index (χ0) is 16.5. The predicted octanol–water partition coefficient (Wildman–Crippen LogP) is 3.02. The van der Waals surface area contributed by atoms with Gasteiger partial charge in [0.25, 0.3) is 0 Å². The Morgan fingerprint density at radius 3 is 2.50 bits per heavy atom. The highest BCUT2D eigenvalue weighted by Crippen LogP contribution is 2.26. The number of hydrogen-bond donors (Lipinski definition) is 0. The Kier molecular flexibility index (Phi) is 3.32. The van der Waals surface area contributed by atoms with Crippen LogP contribution in [0.2, 0.25) is 0 Å². The lowest BCUT2D eigenvalue weighted by atomic mass is 10.1. The van der Waals surface area contributed by atoms with Crippen molar-refractivity contribution in [3.63, 3.8) is 0 Å². The van der Waals surface area contributed by atoms with Crippen molar-refractivity contribution in [2.75, 3.05) is 7.11 Å². The first-order valence-corrected chi connectivity index (χ1v) is 7.46. The average Bonchev–Trinajstić information content (AvgIpc) is 3.06. The van der Waals surface area contributed by atoms with Gasteiger partial charge in [-0.15, -0.1) is 10.2 Å². The van der Waals surface area contributed by atoms with Crippen LogP contribution in [0.3, 0.4) is 0 Å². The lowest BCUT2D eigenvalue weighted by Gasteiger charge is -2.06. The first-order valence-electron chi connectivity index (χ1n) is 7.46. The summed E-state index contributed by atoms with van der Waals surface area (Å²) in [6.07, 6.45) is 0.233. The highest BCUT2D eigenvalue weighted by Gasteiger charge is 2.15. The number of ether oxygens (including phenoxy) is 1. The van der Waals surface area contributed by atoms with Crippen molar-refractivity contribution in [3.8, 4) is 23.2 Å². The number of hydrogen-bond acceptors (Lipinski definition) is 5. The highest BCUT2D eigenvalue weighted by molar-refractivity contribution is 5.95. The van der Waals surface area contributed by atoms with Crippen molar-refractivity contribution in [1.29, 1.82) is 5.26 Å². The van der Waals surface area contributed by atoms with Crippen LogP contribution in [0.5, 0.6) is 5.75 Å². The van der Waals surface area contributed by atoms with Gasteiger partial charge in [0.1, 0.15) is 5.75 Å². The van der Waals surface area contributed by atoms with Crippen LogP contribution in [0.1, 0.15) is 5.69 Å². The molecule has 0 bridgehead atoms. The second kappa shape index (κ2) is 5.63. The first kappa shape index (κ1) is 14.2. The van der Waals surface area contributed by atoms with Gasteiger partial charge in [0.2, 0.25) is 0 Å². The molecule has 0 amide bonds. The summed E-state index contributed by atoms with van der Waals surface area (Å²) < 4.78 is 6.89. The molecule has 0 saturated carbocycles. The molecule has 2 aromatic carbocycles. The molecule has 6 nitrogen and oxygen atoms in total. The molecule has 0 fully saturated rings. The van der Waals surface area contributed by atoms with Gasteiger partial charge in [0.15, 0.2) is 11.5 Å². The van der Waals surface area contributed by atoms with Crippen molar-refractivity contribution in [2.45, 2.75) is 6.42 Å². The minimum absolute atomic E-state index is 0.233. The van der Waals surface area contributed by atoms with Crippen LogP contribution in [-0.2, 0) is 6.42 Å². The molecular weight excluding hydrogens is 302 g/mol. The number of benzene rings is 2. The topological polar surface area (TPSA) is 76.1 Å². The number of nitrogens with zero attached hydrogens (tertiary/aromatic N) is 5. The van der Waals surface area contributed by atoms with Gasteiger partial charge in [-0.1, -0.05) is 24.3 Å². The monoisotopic (exact) mass is 315 g/mol. The molecule has 2 heterocycles. The van der Waals surface area contributed by atoms with Crippen molar-refractivity contribution in [2.24, 2.45) is 0 Å². The Balaban J connectivity index is 1.99. The maximum absolute atomic E-state index is 9.10. The zero-order valence-corrected chi connectivity index (χ0v) is 13.0. The SMILES string of the molecule is COc1ccc(-c2nnc3c4ccccc4c(CC#N)nn23)cc1. The minimum atomic E-state index is 0.233. The lowest BCUT2D eigenvalue weighted by molar-refractivity contribution is 0.415. The van der Waals surface area contributed by atoms with Gasteiger partial charge in [-0.25, -0.2) is 0 Å². The molecule has 116 valence electrons. The van der Waals surface area contributed by atoms with Crippen molar-refractivity contribution in [3.05, 3.63) is 54.2 Å². The van der Waals surface area contributed by atoms with E-state index < -0.39 is 0 Å². The van der Waals surface area contributed by atoms with E-state index in [9.17, 15) is 0 Å². The van der Waals surface area contributed by atoms with Gasteiger partial charge < -0.3 is 4.74 Å². The lowest BCUT2D eigenvalue weighted by Crippen LogP contribution is -2.01. The van der Waals surface area contributed by atoms with E-state index in [1.165, 1.54) is 0 Å². The molecule has 0 spiro atoms. The fourth-order valence-corrected chi connectivity index (χ4v) is 2.77. The van der Waals surface area contributed by atoms with Gasteiger partial charge in [0, 0.05) is 16.3 Å². The van der Waals surface area contributed by atoms with Gasteiger partial charge in [-0.3, -0.25) is 0 Å². The van der Waals surface area contributed by atoms with Gasteiger partial charge in [-0.05, 0) is 24.3 Å². The fourth-order valence-electron chi connectivity index (χ4n) is 2.77. The van der Waals surface area contributed by atoms with Crippen LogP contribution in [-0.4, -0.2) is 26.9 Å². The zero-order valence-electron chi connectivity index (χ0n) is 13.0. The molecule has 0 aliphatic heterocycles. The van der Waals surface area contributed by atoms with Crippen LogP contribution < -0.4 is 4.74 Å². The molecule has 2 aromatic heterocycles. The normalized spacial score (nSPS) is 10.8. The smallest absolute Gasteiger partial charge is 0.186 e. The van der Waals surface area contributed by atoms with E-state index in [0.717, 1.165) is 27.8 Å². The number of rotatable bonds is 3. The Bertz CT molecular complexity index is 1080. The van der Waals surface area contributed by atoms with Gasteiger partial charge >= 0.3 is 0 Å². The molecule has 24 heavy (non-hydrogen) atoms. The van der Waals surface area contributed by atoms with E-state index in [4.69, 9.17) is 10.00 Å². The summed E-state index contributed by atoms with van der Waals surface area (Å²) in [4.78, 5) is 0. The van der Waals surface area contributed by atoms with Crippen molar-refractivity contribution < 1.29 is 4.74 Å². The first-order chi connectivity index (χ1) is 11.8. The summed E-state index contributed by atoms with van der Waals surface area (Å²) in [6, 6.07) is 17.5. The summed E-state index contributed by atoms with van der Waals surface area (Å²) in [5, 5.41) is 24.2. The summed E-state index contributed by atoms with van der Waals surface area (Å²) in [6.45, 7) is 0. The molecule has 0 aliphatic carbocycles. The number of aromatic nitrogens is 4. The Morgan fingerprint density at radius 1 is 1.04 bits per heavy atom. The molecule has 4 rings (SSSR count). The quantitative estimate of drug-likeness (QED) is 0.581. The maximum Gasteiger partial charge on any atom is 0.186 e. The third-order valence-electron chi connectivity index (χ3n) is 3.93. The van der Waals surface area contributed by atoms with Gasteiger partial charge in [-0.2, -0.15) is 14.9 Å². The van der Waals surface area contributed by atoms with E-state index in [0.29, 0.717) is 11.5 Å². The highest BCUT2D eigenvalue weighted by atomic mass is 16.5. The van der Waals surface area contributed by atoms with Crippen LogP contribution in [0.4, 0.5) is 0 Å². The van der Waals surface area contributed by atoms with Crippen LogP contribution in [0, 0.1) is 11.3 Å². The van der Waals surface area contributed by atoms with E-state index in [1.54, 1.807) is 11.6 Å². The minimum Gasteiger partial charge on any atom is -0.497 e. The predicted molar refractivity (Wildman–Crippen MR) is 89.6 cm³/mol. The molecule has 0 saturated heterocycles. The average molecular weight is 315 g/mol. The molecular formula is C18H13N5O. The molecule has 4 aromatic rings. The molecule has 6 heteroatoms. The van der Waals surface area contributed by atoms with Crippen molar-refractivity contribution >= 4 is 16.4 Å². The van der Waals surface area contributed by atoms with Crippen LogP contribution in [0.25, 0.3) is 27.8 Å². The molecule has 0 radical (unpaired) electrons. The standard InChI is InChI=1S/C18H13N5O/c1-24-13-8-6-12(7-9-13)17-20-21-18-15-5-3-2-4-14(15)16(10-11-19)22-23(17)18/h2-9H,10H2,1H3. The fraction of sp³-hybridized carbons (Fsp3) is 0.111. The van der Waals surface area contributed by atoms with E-state index >= 15 is 0 Å². The second-order valence-corrected chi connectivity index (χ2v) is 5.31. The number of methoxy groups -OCH3 is 1.